The maximum absolute atomic E-state index is 9.02. The highest BCUT2D eigenvalue weighted by Crippen LogP contribution is 2.29. The minimum Gasteiger partial charge on any atom is -0.358 e. The van der Waals surface area contributed by atoms with Crippen molar-refractivity contribution in [3.63, 3.8) is 0 Å². The van der Waals surface area contributed by atoms with Crippen LogP contribution < -0.4 is 5.32 Å². The number of thioether (sulfide) groups is 1. The standard InChI is InChI=1S/C13H14N4S2/c1-9(2)15-12-16-17-13(19-12)18-8-11-6-4-3-5-10(11)7-14/h3-6,9H,8H2,1-2H3,(H,15,16). The Bertz CT molecular complexity index is 586. The van der Waals surface area contributed by atoms with Crippen molar-refractivity contribution in [2.45, 2.75) is 30.0 Å². The van der Waals surface area contributed by atoms with Gasteiger partial charge in [-0.3, -0.25) is 0 Å². The smallest absolute Gasteiger partial charge is 0.206 e. The largest absolute Gasteiger partial charge is 0.358 e. The highest BCUT2D eigenvalue weighted by atomic mass is 32.2. The van der Waals surface area contributed by atoms with Crippen molar-refractivity contribution in [2.75, 3.05) is 5.32 Å². The van der Waals surface area contributed by atoms with E-state index in [0.717, 1.165) is 26.4 Å². The second kappa shape index (κ2) is 6.55. The summed E-state index contributed by atoms with van der Waals surface area (Å²) in [5, 5.41) is 21.3. The van der Waals surface area contributed by atoms with Gasteiger partial charge in [0.25, 0.3) is 0 Å². The Morgan fingerprint density at radius 2 is 2.16 bits per heavy atom. The number of hydrogen-bond acceptors (Lipinski definition) is 6. The van der Waals surface area contributed by atoms with Crippen molar-refractivity contribution >= 4 is 28.2 Å². The lowest BCUT2D eigenvalue weighted by atomic mass is 10.1. The summed E-state index contributed by atoms with van der Waals surface area (Å²) in [6.07, 6.45) is 0. The average molecular weight is 290 g/mol. The van der Waals surface area contributed by atoms with E-state index in [4.69, 9.17) is 5.26 Å². The molecule has 19 heavy (non-hydrogen) atoms. The van der Waals surface area contributed by atoms with Gasteiger partial charge in [0.1, 0.15) is 0 Å². The van der Waals surface area contributed by atoms with E-state index in [-0.39, 0.29) is 0 Å². The minimum atomic E-state index is 0.352. The van der Waals surface area contributed by atoms with Gasteiger partial charge in [-0.15, -0.1) is 10.2 Å². The van der Waals surface area contributed by atoms with E-state index in [0.29, 0.717) is 6.04 Å². The number of aromatic nitrogens is 2. The van der Waals surface area contributed by atoms with Gasteiger partial charge in [-0.2, -0.15) is 5.26 Å². The molecule has 0 aliphatic carbocycles. The Morgan fingerprint density at radius 3 is 2.89 bits per heavy atom. The fraction of sp³-hybridized carbons (Fsp3) is 0.308. The number of nitrogens with one attached hydrogen (secondary N) is 1. The maximum Gasteiger partial charge on any atom is 0.206 e. The first-order valence-corrected chi connectivity index (χ1v) is 7.70. The molecule has 0 saturated heterocycles. The third-order valence-corrected chi connectivity index (χ3v) is 4.34. The summed E-state index contributed by atoms with van der Waals surface area (Å²) in [6, 6.07) is 10.2. The number of hydrogen-bond donors (Lipinski definition) is 1. The molecule has 0 radical (unpaired) electrons. The van der Waals surface area contributed by atoms with Gasteiger partial charge in [-0.25, -0.2) is 0 Å². The molecule has 1 N–H and O–H groups in total. The summed E-state index contributed by atoms with van der Waals surface area (Å²) in [6.45, 7) is 4.13. The lowest BCUT2D eigenvalue weighted by Gasteiger charge is -2.03. The SMILES string of the molecule is CC(C)Nc1nnc(SCc2ccccc2C#N)s1. The minimum absolute atomic E-state index is 0.352. The average Bonchev–Trinajstić information content (AvgIpc) is 2.83. The summed E-state index contributed by atoms with van der Waals surface area (Å²) in [5.41, 5.74) is 1.75. The first-order valence-electron chi connectivity index (χ1n) is 5.90. The highest BCUT2D eigenvalue weighted by Gasteiger charge is 2.07. The van der Waals surface area contributed by atoms with E-state index in [9.17, 15) is 0 Å². The van der Waals surface area contributed by atoms with E-state index in [1.165, 1.54) is 0 Å². The molecule has 2 rings (SSSR count). The van der Waals surface area contributed by atoms with Crippen LogP contribution in [0.5, 0.6) is 0 Å². The van der Waals surface area contributed by atoms with Crippen molar-refractivity contribution in [1.29, 1.82) is 5.26 Å². The van der Waals surface area contributed by atoms with Crippen molar-refractivity contribution in [2.24, 2.45) is 0 Å². The van der Waals surface area contributed by atoms with Crippen molar-refractivity contribution in [1.82, 2.24) is 10.2 Å². The summed E-state index contributed by atoms with van der Waals surface area (Å²) in [4.78, 5) is 0. The second-order valence-electron chi connectivity index (χ2n) is 4.23. The second-order valence-corrected chi connectivity index (χ2v) is 6.43. The van der Waals surface area contributed by atoms with Gasteiger partial charge in [0.15, 0.2) is 4.34 Å². The zero-order valence-corrected chi connectivity index (χ0v) is 12.4. The maximum atomic E-state index is 9.02. The number of anilines is 1. The zero-order chi connectivity index (χ0) is 13.7. The van der Waals surface area contributed by atoms with E-state index in [1.807, 2.05) is 24.3 Å². The Balaban J connectivity index is 1.99. The molecular weight excluding hydrogens is 276 g/mol. The van der Waals surface area contributed by atoms with E-state index in [1.54, 1.807) is 23.1 Å². The Labute approximate surface area is 120 Å². The summed E-state index contributed by atoms with van der Waals surface area (Å²) in [5.74, 6) is 0.736. The Hall–Kier alpha value is -1.58. The monoisotopic (exact) mass is 290 g/mol. The molecule has 2 aromatic rings. The van der Waals surface area contributed by atoms with E-state index >= 15 is 0 Å². The molecule has 0 amide bonds. The topological polar surface area (TPSA) is 61.6 Å². The molecule has 0 bridgehead atoms. The molecule has 0 unspecified atom stereocenters. The summed E-state index contributed by atoms with van der Waals surface area (Å²) >= 11 is 3.15. The van der Waals surface area contributed by atoms with Crippen LogP contribution in [0.2, 0.25) is 0 Å². The molecular formula is C13H14N4S2. The van der Waals surface area contributed by atoms with Gasteiger partial charge in [0.05, 0.1) is 11.6 Å². The lowest BCUT2D eigenvalue weighted by molar-refractivity contribution is 0.883. The van der Waals surface area contributed by atoms with Crippen molar-refractivity contribution in [3.05, 3.63) is 35.4 Å². The molecule has 0 spiro atoms. The van der Waals surface area contributed by atoms with Crippen LogP contribution in [0.25, 0.3) is 0 Å². The van der Waals surface area contributed by atoms with Crippen LogP contribution in [0.4, 0.5) is 5.13 Å². The molecule has 1 heterocycles. The Kier molecular flexibility index (Phi) is 4.77. The normalized spacial score (nSPS) is 10.4. The fourth-order valence-electron chi connectivity index (χ4n) is 1.47. The summed E-state index contributed by atoms with van der Waals surface area (Å²) in [7, 11) is 0. The number of benzene rings is 1. The van der Waals surface area contributed by atoms with Gasteiger partial charge < -0.3 is 5.32 Å². The van der Waals surface area contributed by atoms with E-state index < -0.39 is 0 Å². The van der Waals surface area contributed by atoms with Gasteiger partial charge in [0, 0.05) is 11.8 Å². The number of nitriles is 1. The predicted molar refractivity (Wildman–Crippen MR) is 79.4 cm³/mol. The van der Waals surface area contributed by atoms with E-state index in [2.05, 4.69) is 35.4 Å². The fourth-order valence-corrected chi connectivity index (χ4v) is 3.37. The van der Waals surface area contributed by atoms with Crippen LogP contribution in [0.15, 0.2) is 28.6 Å². The van der Waals surface area contributed by atoms with Crippen LogP contribution in [0.1, 0.15) is 25.0 Å². The molecule has 98 valence electrons. The van der Waals surface area contributed by atoms with Gasteiger partial charge in [-0.1, -0.05) is 41.3 Å². The molecule has 0 fully saturated rings. The van der Waals surface area contributed by atoms with Crippen LogP contribution in [-0.4, -0.2) is 16.2 Å². The van der Waals surface area contributed by atoms with Crippen LogP contribution in [0.3, 0.4) is 0 Å². The van der Waals surface area contributed by atoms with Crippen LogP contribution in [0, 0.1) is 11.3 Å². The van der Waals surface area contributed by atoms with Gasteiger partial charge in [0.2, 0.25) is 5.13 Å². The number of rotatable bonds is 5. The van der Waals surface area contributed by atoms with Crippen LogP contribution >= 0.6 is 23.1 Å². The molecule has 4 nitrogen and oxygen atoms in total. The first-order chi connectivity index (χ1) is 9.19. The molecule has 1 aromatic heterocycles. The van der Waals surface area contributed by atoms with Crippen molar-refractivity contribution < 1.29 is 0 Å². The summed E-state index contributed by atoms with van der Waals surface area (Å²) < 4.78 is 0.913. The third-order valence-electron chi connectivity index (χ3n) is 2.31. The van der Waals surface area contributed by atoms with Crippen LogP contribution in [-0.2, 0) is 5.75 Å². The molecule has 0 saturated carbocycles. The third kappa shape index (κ3) is 3.94. The zero-order valence-electron chi connectivity index (χ0n) is 10.8. The van der Waals surface area contributed by atoms with Gasteiger partial charge in [-0.05, 0) is 25.5 Å². The molecule has 0 aliphatic rings. The quantitative estimate of drug-likeness (QED) is 0.854. The molecule has 6 heteroatoms. The molecule has 0 atom stereocenters. The Morgan fingerprint density at radius 1 is 1.37 bits per heavy atom. The molecule has 0 aliphatic heterocycles. The van der Waals surface area contributed by atoms with Crippen molar-refractivity contribution in [3.8, 4) is 6.07 Å². The predicted octanol–water partition coefficient (Wildman–Crippen LogP) is 3.52. The highest BCUT2D eigenvalue weighted by molar-refractivity contribution is 8.00. The van der Waals surface area contributed by atoms with Gasteiger partial charge >= 0.3 is 0 Å². The lowest BCUT2D eigenvalue weighted by Crippen LogP contribution is -2.08. The molecule has 1 aromatic carbocycles. The first kappa shape index (κ1) is 13.8. The number of nitrogens with zero attached hydrogens (tertiary/aromatic N) is 3.